The van der Waals surface area contributed by atoms with E-state index in [-0.39, 0.29) is 4.90 Å². The number of carbonyl (C=O) groups is 2. The lowest BCUT2D eigenvalue weighted by Crippen LogP contribution is -2.38. The van der Waals surface area contributed by atoms with Gasteiger partial charge in [-0.1, -0.05) is 0 Å². The lowest BCUT2D eigenvalue weighted by Gasteiger charge is -2.17. The number of nitrogens with one attached hydrogen (secondary N) is 1. The zero-order chi connectivity index (χ0) is 16.9. The molecule has 1 amide bonds. The van der Waals surface area contributed by atoms with Gasteiger partial charge in [0.25, 0.3) is 5.91 Å². The standard InChI is InChI=1S/C13H17FN2O5S/c1-9(13(18)16(2)3)21-12(17)8-15-22(19,20)11-6-4-10(14)5-7-11/h4-7,9,15H,8H2,1-3H3/t9-/m1/s1. The third-order valence-corrected chi connectivity index (χ3v) is 4.04. The van der Waals surface area contributed by atoms with Gasteiger partial charge < -0.3 is 9.64 Å². The fourth-order valence-corrected chi connectivity index (χ4v) is 2.47. The fraction of sp³-hybridized carbons (Fsp3) is 0.385. The van der Waals surface area contributed by atoms with Crippen LogP contribution in [-0.4, -0.2) is 51.9 Å². The smallest absolute Gasteiger partial charge is 0.321 e. The molecule has 0 aliphatic carbocycles. The van der Waals surface area contributed by atoms with Crippen LogP contribution in [0.1, 0.15) is 6.92 Å². The molecule has 7 nitrogen and oxygen atoms in total. The summed E-state index contributed by atoms with van der Waals surface area (Å²) in [5.74, 6) is -1.89. The van der Waals surface area contributed by atoms with Gasteiger partial charge in [0, 0.05) is 14.1 Å². The molecule has 1 rings (SSSR count). The average Bonchev–Trinajstić information content (AvgIpc) is 2.44. The first-order valence-electron chi connectivity index (χ1n) is 6.29. The van der Waals surface area contributed by atoms with E-state index in [1.54, 1.807) is 0 Å². The number of hydrogen-bond acceptors (Lipinski definition) is 5. The quantitative estimate of drug-likeness (QED) is 0.747. The first kappa shape index (κ1) is 18.1. The molecular weight excluding hydrogens is 315 g/mol. The minimum atomic E-state index is -3.96. The summed E-state index contributed by atoms with van der Waals surface area (Å²) >= 11 is 0. The number of likely N-dealkylation sites (N-methyl/N-ethyl adjacent to an activating group) is 1. The molecule has 0 saturated heterocycles. The molecule has 0 saturated carbocycles. The van der Waals surface area contributed by atoms with Crippen LogP contribution < -0.4 is 4.72 Å². The summed E-state index contributed by atoms with van der Waals surface area (Å²) < 4.78 is 43.3. The number of esters is 1. The molecule has 0 heterocycles. The van der Waals surface area contributed by atoms with Crippen molar-refractivity contribution >= 4 is 21.9 Å². The molecule has 0 fully saturated rings. The minimum absolute atomic E-state index is 0.181. The van der Waals surface area contributed by atoms with Gasteiger partial charge >= 0.3 is 5.97 Å². The number of rotatable bonds is 6. The van der Waals surface area contributed by atoms with Crippen molar-refractivity contribution in [2.45, 2.75) is 17.9 Å². The highest BCUT2D eigenvalue weighted by atomic mass is 32.2. The fourth-order valence-electron chi connectivity index (χ4n) is 1.50. The molecular formula is C13H17FN2O5S. The predicted octanol–water partition coefficient (Wildman–Crippen LogP) is 0.124. The second kappa shape index (κ2) is 7.32. The first-order valence-corrected chi connectivity index (χ1v) is 7.77. The van der Waals surface area contributed by atoms with Crippen molar-refractivity contribution in [3.8, 4) is 0 Å². The van der Waals surface area contributed by atoms with Crippen LogP contribution in [0, 0.1) is 5.82 Å². The highest BCUT2D eigenvalue weighted by Gasteiger charge is 2.21. The summed E-state index contributed by atoms with van der Waals surface area (Å²) in [5, 5.41) is 0. The molecule has 0 radical (unpaired) electrons. The van der Waals surface area contributed by atoms with Gasteiger partial charge in [-0.25, -0.2) is 12.8 Å². The SMILES string of the molecule is C[C@@H](OC(=O)CNS(=O)(=O)c1ccc(F)cc1)C(=O)N(C)C. The molecule has 9 heteroatoms. The van der Waals surface area contributed by atoms with E-state index in [1.807, 2.05) is 4.72 Å². The first-order chi connectivity index (χ1) is 10.1. The van der Waals surface area contributed by atoms with E-state index in [0.717, 1.165) is 24.3 Å². The Morgan fingerprint density at radius 1 is 1.27 bits per heavy atom. The van der Waals surface area contributed by atoms with Crippen LogP contribution in [0.25, 0.3) is 0 Å². The molecule has 0 spiro atoms. The Kier molecular flexibility index (Phi) is 6.01. The number of sulfonamides is 1. The second-order valence-electron chi connectivity index (χ2n) is 4.64. The van der Waals surface area contributed by atoms with Crippen LogP contribution in [0.5, 0.6) is 0 Å². The van der Waals surface area contributed by atoms with E-state index in [0.29, 0.717) is 0 Å². The topological polar surface area (TPSA) is 92.8 Å². The minimum Gasteiger partial charge on any atom is -0.452 e. The molecule has 0 aliphatic heterocycles. The van der Waals surface area contributed by atoms with Gasteiger partial charge in [-0.2, -0.15) is 4.72 Å². The van der Waals surface area contributed by atoms with Gasteiger partial charge in [0.15, 0.2) is 6.10 Å². The van der Waals surface area contributed by atoms with Gasteiger partial charge in [-0.3, -0.25) is 9.59 Å². The van der Waals surface area contributed by atoms with Crippen LogP contribution in [0.3, 0.4) is 0 Å². The molecule has 0 aliphatic rings. The maximum Gasteiger partial charge on any atom is 0.321 e. The van der Waals surface area contributed by atoms with E-state index in [2.05, 4.69) is 0 Å². The number of ether oxygens (including phenoxy) is 1. The monoisotopic (exact) mass is 332 g/mol. The second-order valence-corrected chi connectivity index (χ2v) is 6.41. The molecule has 1 aromatic rings. The van der Waals surface area contributed by atoms with Gasteiger partial charge in [0.1, 0.15) is 12.4 Å². The summed E-state index contributed by atoms with van der Waals surface area (Å²) in [5.41, 5.74) is 0. The van der Waals surface area contributed by atoms with Crippen LogP contribution in [0.2, 0.25) is 0 Å². The summed E-state index contributed by atoms with van der Waals surface area (Å²) in [4.78, 5) is 24.1. The van der Waals surface area contributed by atoms with Crippen molar-refractivity contribution in [2.24, 2.45) is 0 Å². The summed E-state index contributed by atoms with van der Waals surface area (Å²) in [6, 6.07) is 4.12. The molecule has 1 N–H and O–H groups in total. The van der Waals surface area contributed by atoms with Crippen LogP contribution in [-0.2, 0) is 24.3 Å². The Bertz CT molecular complexity index is 643. The van der Waals surface area contributed by atoms with E-state index < -0.39 is 40.4 Å². The highest BCUT2D eigenvalue weighted by Crippen LogP contribution is 2.09. The van der Waals surface area contributed by atoms with Crippen LogP contribution >= 0.6 is 0 Å². The van der Waals surface area contributed by atoms with Crippen LogP contribution in [0.15, 0.2) is 29.2 Å². The van der Waals surface area contributed by atoms with Gasteiger partial charge in [-0.15, -0.1) is 0 Å². The Balaban J connectivity index is 2.60. The Morgan fingerprint density at radius 2 is 1.82 bits per heavy atom. The summed E-state index contributed by atoms with van der Waals surface area (Å²) in [7, 11) is -0.950. The van der Waals surface area contributed by atoms with E-state index >= 15 is 0 Å². The lowest BCUT2D eigenvalue weighted by atomic mass is 10.3. The maximum absolute atomic E-state index is 12.7. The van der Waals surface area contributed by atoms with Crippen molar-refractivity contribution in [3.63, 3.8) is 0 Å². The van der Waals surface area contributed by atoms with E-state index in [1.165, 1.54) is 25.9 Å². The third kappa shape index (κ3) is 5.08. The number of halogens is 1. The van der Waals surface area contributed by atoms with Gasteiger partial charge in [0.05, 0.1) is 4.90 Å². The zero-order valence-electron chi connectivity index (χ0n) is 12.4. The number of amides is 1. The number of benzene rings is 1. The van der Waals surface area contributed by atoms with E-state index in [9.17, 15) is 22.4 Å². The van der Waals surface area contributed by atoms with Gasteiger partial charge in [-0.05, 0) is 31.2 Å². The van der Waals surface area contributed by atoms with Gasteiger partial charge in [0.2, 0.25) is 10.0 Å². The Labute approximate surface area is 128 Å². The number of nitrogens with zero attached hydrogens (tertiary/aromatic N) is 1. The molecule has 0 unspecified atom stereocenters. The molecule has 122 valence electrons. The van der Waals surface area contributed by atoms with E-state index in [4.69, 9.17) is 4.74 Å². The highest BCUT2D eigenvalue weighted by molar-refractivity contribution is 7.89. The van der Waals surface area contributed by atoms with Crippen LogP contribution in [0.4, 0.5) is 4.39 Å². The Hall–Kier alpha value is -2.00. The lowest BCUT2D eigenvalue weighted by molar-refractivity contribution is -0.156. The van der Waals surface area contributed by atoms with Crippen molar-refractivity contribution in [1.29, 1.82) is 0 Å². The third-order valence-electron chi connectivity index (χ3n) is 2.63. The summed E-state index contributed by atoms with van der Waals surface area (Å²) in [6.45, 7) is 0.749. The molecule has 0 bridgehead atoms. The average molecular weight is 332 g/mol. The molecule has 1 aromatic carbocycles. The normalized spacial score (nSPS) is 12.5. The van der Waals surface area contributed by atoms with Crippen molar-refractivity contribution in [1.82, 2.24) is 9.62 Å². The molecule has 0 aromatic heterocycles. The number of hydrogen-bond donors (Lipinski definition) is 1. The Morgan fingerprint density at radius 3 is 2.32 bits per heavy atom. The maximum atomic E-state index is 12.7. The predicted molar refractivity (Wildman–Crippen MR) is 75.8 cm³/mol. The zero-order valence-corrected chi connectivity index (χ0v) is 13.2. The van der Waals surface area contributed by atoms with Crippen molar-refractivity contribution < 1.29 is 27.1 Å². The molecule has 22 heavy (non-hydrogen) atoms. The van der Waals surface area contributed by atoms with Crippen molar-refractivity contribution in [2.75, 3.05) is 20.6 Å². The number of carbonyl (C=O) groups excluding carboxylic acids is 2. The molecule has 1 atom stereocenters. The van der Waals surface area contributed by atoms with Crippen molar-refractivity contribution in [3.05, 3.63) is 30.1 Å². The summed E-state index contributed by atoms with van der Waals surface area (Å²) in [6.07, 6.45) is -1.02. The largest absolute Gasteiger partial charge is 0.452 e.